The van der Waals surface area contributed by atoms with Crippen LogP contribution in [0.2, 0.25) is 0 Å². The van der Waals surface area contributed by atoms with Gasteiger partial charge in [0.15, 0.2) is 0 Å². The Morgan fingerprint density at radius 3 is 1.43 bits per heavy atom. The van der Waals surface area contributed by atoms with Gasteiger partial charge >= 0.3 is 0 Å². The Kier molecular flexibility index (Phi) is 9.52. The van der Waals surface area contributed by atoms with Gasteiger partial charge in [-0.3, -0.25) is 0 Å². The second-order valence-corrected chi connectivity index (χ2v) is 31.0. The molecule has 0 atom stereocenters. The molecule has 398 valence electrons. The number of nitrogens with zero attached hydrogens (tertiary/aromatic N) is 2. The van der Waals surface area contributed by atoms with Crippen LogP contribution in [0, 0.1) is 0 Å². The summed E-state index contributed by atoms with van der Waals surface area (Å²) in [6, 6.07) is 57.1. The minimum absolute atomic E-state index is 0.0335. The van der Waals surface area contributed by atoms with E-state index in [-0.39, 0.29) is 39.2 Å². The molecule has 2 aromatic heterocycles. The van der Waals surface area contributed by atoms with E-state index >= 15 is 0 Å². The Morgan fingerprint density at radius 2 is 0.863 bits per heavy atom. The summed E-state index contributed by atoms with van der Waals surface area (Å²) < 4.78 is 5.62. The third-order valence-corrected chi connectivity index (χ3v) is 19.7. The summed E-state index contributed by atoms with van der Waals surface area (Å²) >= 11 is 0. The predicted octanol–water partition coefficient (Wildman–Crippen LogP) is 18.3. The van der Waals surface area contributed by atoms with Crippen molar-refractivity contribution in [3.63, 3.8) is 0 Å². The predicted molar refractivity (Wildman–Crippen MR) is 346 cm³/mol. The molecule has 5 heterocycles. The van der Waals surface area contributed by atoms with Crippen LogP contribution in [0.3, 0.4) is 0 Å². The van der Waals surface area contributed by atoms with E-state index in [4.69, 9.17) is 0 Å². The third kappa shape index (κ3) is 6.28. The molecule has 80 heavy (non-hydrogen) atoms. The van der Waals surface area contributed by atoms with Gasteiger partial charge in [-0.1, -0.05) is 228 Å². The van der Waals surface area contributed by atoms with E-state index < -0.39 is 5.41 Å². The summed E-state index contributed by atoms with van der Waals surface area (Å²) in [5.41, 5.74) is 30.2. The third-order valence-electron chi connectivity index (χ3n) is 19.7. The first-order chi connectivity index (χ1) is 37.5. The molecule has 0 bridgehead atoms. The van der Waals surface area contributed by atoms with E-state index in [0.29, 0.717) is 0 Å². The van der Waals surface area contributed by atoms with Gasteiger partial charge in [0.05, 0.1) is 22.1 Å². The molecular weight excluding hydrogens is 964 g/mol. The zero-order valence-corrected chi connectivity index (χ0v) is 50.8. The van der Waals surface area contributed by atoms with Crippen LogP contribution in [0.5, 0.6) is 0 Å². The average Bonchev–Trinajstić information content (AvgIpc) is 2.32. The Labute approximate surface area is 475 Å². The maximum absolute atomic E-state index is 2.83. The molecule has 0 radical (unpaired) electrons. The lowest BCUT2D eigenvalue weighted by Gasteiger charge is -2.45. The van der Waals surface area contributed by atoms with E-state index in [2.05, 4.69) is 273 Å². The smallest absolute Gasteiger partial charge is 0.252 e. The molecule has 1 spiro atoms. The van der Waals surface area contributed by atoms with Gasteiger partial charge in [0, 0.05) is 43.8 Å². The summed E-state index contributed by atoms with van der Waals surface area (Å²) in [6.07, 6.45) is 0. The van der Waals surface area contributed by atoms with Crippen LogP contribution in [-0.2, 0) is 37.9 Å². The quantitative estimate of drug-likeness (QED) is 0.145. The van der Waals surface area contributed by atoms with Crippen molar-refractivity contribution >= 4 is 77.5 Å². The minimum Gasteiger partial charge on any atom is -0.310 e. The fourth-order valence-corrected chi connectivity index (χ4v) is 15.8. The van der Waals surface area contributed by atoms with Gasteiger partial charge in [-0.05, 0) is 168 Å². The van der Waals surface area contributed by atoms with Crippen molar-refractivity contribution in [1.29, 1.82) is 0 Å². The normalized spacial score (nSPS) is 15.2. The van der Waals surface area contributed by atoms with Crippen molar-refractivity contribution in [2.24, 2.45) is 0 Å². The molecule has 0 unspecified atom stereocenters. The monoisotopic (exact) mass is 1040 g/mol. The lowest BCUT2D eigenvalue weighted by molar-refractivity contribution is 0.535. The van der Waals surface area contributed by atoms with Crippen molar-refractivity contribution in [3.8, 4) is 33.6 Å². The number of fused-ring (bicyclic) bond motifs is 15. The van der Waals surface area contributed by atoms with Crippen LogP contribution >= 0.6 is 0 Å². The van der Waals surface area contributed by atoms with E-state index in [9.17, 15) is 0 Å². The van der Waals surface area contributed by atoms with Gasteiger partial charge in [0.2, 0.25) is 0 Å². The SMILES string of the molecule is CC(C)(C)c1ccc2c(c1)c1cc(C(C)(C)C)cc3c1n2-c1c(-c2cccc4ccc(C(C)(C)C)c(C(C)(C)C)c24)cc2c4c1B3c1cc(C(C)(C)C)cc3c5cc(C(C)(C)C)cc(c5n-4c13)C21c2ccccc2-c2ccccc21. The zero-order chi connectivity index (χ0) is 56.2. The van der Waals surface area contributed by atoms with Gasteiger partial charge in [0.25, 0.3) is 6.71 Å². The topological polar surface area (TPSA) is 9.86 Å². The molecule has 15 rings (SSSR count). The molecule has 9 aromatic carbocycles. The summed E-state index contributed by atoms with van der Waals surface area (Å²) in [6.45, 7) is 43.4. The molecule has 0 saturated carbocycles. The lowest BCUT2D eigenvalue weighted by atomic mass is 9.33. The number of hydrogen-bond donors (Lipinski definition) is 0. The van der Waals surface area contributed by atoms with Crippen molar-refractivity contribution < 1.29 is 0 Å². The molecule has 0 N–H and O–H groups in total. The van der Waals surface area contributed by atoms with Crippen molar-refractivity contribution in [2.45, 2.75) is 163 Å². The molecule has 2 nitrogen and oxygen atoms in total. The Morgan fingerprint density at radius 1 is 0.350 bits per heavy atom. The van der Waals surface area contributed by atoms with E-state index in [1.807, 2.05) is 0 Å². The first-order valence-electron chi connectivity index (χ1n) is 29.8. The van der Waals surface area contributed by atoms with Gasteiger partial charge < -0.3 is 9.13 Å². The fraction of sp³-hybridized carbons (Fsp3) is 0.325. The number of rotatable bonds is 1. The van der Waals surface area contributed by atoms with E-state index in [1.54, 1.807) is 0 Å². The second-order valence-electron chi connectivity index (χ2n) is 31.0. The second kappa shape index (κ2) is 15.3. The molecular formula is C77H77BN2. The van der Waals surface area contributed by atoms with Crippen molar-refractivity contribution in [1.82, 2.24) is 9.13 Å². The van der Waals surface area contributed by atoms with Crippen LogP contribution in [0.25, 0.3) is 88.0 Å². The van der Waals surface area contributed by atoms with Crippen molar-refractivity contribution in [3.05, 3.63) is 195 Å². The molecule has 3 heteroatoms. The standard InChI is InChI=1S/C77H77BN2/c1-71(2,3)43-31-33-62-50(34-43)51-36-45(73(7,8)9)39-60-67(51)79(62)69-54(49-27-23-24-42-30-32-57(75(13,14)15)64(63(42)49)76(16,17)18)41-59-70-65(69)78(60)61-40-46(74(10,11)12)37-53-52-35-44(72(4,5)6)38-58(66(52)80(70)68(53)61)77(59)55-28-21-19-25-47(55)48-26-20-22-29-56(48)77/h19-41H,1-18H3. The molecule has 0 saturated heterocycles. The Hall–Kier alpha value is -7.10. The number of aromatic nitrogens is 2. The lowest BCUT2D eigenvalue weighted by Crippen LogP contribution is -2.61. The van der Waals surface area contributed by atoms with Gasteiger partial charge in [-0.2, -0.15) is 0 Å². The van der Waals surface area contributed by atoms with Crippen LogP contribution in [-0.4, -0.2) is 15.8 Å². The van der Waals surface area contributed by atoms with Crippen LogP contribution in [0.1, 0.15) is 180 Å². The summed E-state index contributed by atoms with van der Waals surface area (Å²) in [7, 11) is 0. The highest BCUT2D eigenvalue weighted by molar-refractivity contribution is 7.00. The fourth-order valence-electron chi connectivity index (χ4n) is 15.8. The maximum atomic E-state index is 2.83. The highest BCUT2D eigenvalue weighted by atomic mass is 15.1. The van der Waals surface area contributed by atoms with Gasteiger partial charge in [0.1, 0.15) is 0 Å². The average molecular weight is 1040 g/mol. The first kappa shape index (κ1) is 49.9. The highest BCUT2D eigenvalue weighted by Gasteiger charge is 2.55. The molecule has 0 fully saturated rings. The van der Waals surface area contributed by atoms with Crippen LogP contribution < -0.4 is 16.4 Å². The number of hydrogen-bond acceptors (Lipinski definition) is 0. The van der Waals surface area contributed by atoms with Gasteiger partial charge in [-0.25, -0.2) is 0 Å². The molecule has 1 aliphatic carbocycles. The maximum Gasteiger partial charge on any atom is 0.252 e. The molecule has 4 aliphatic rings. The Bertz CT molecular complexity index is 4590. The number of benzene rings is 9. The summed E-state index contributed by atoms with van der Waals surface area (Å²) in [5.74, 6) is 0. The molecule has 11 aromatic rings. The minimum atomic E-state index is -0.650. The summed E-state index contributed by atoms with van der Waals surface area (Å²) in [4.78, 5) is 0. The van der Waals surface area contributed by atoms with Crippen LogP contribution in [0.15, 0.2) is 140 Å². The van der Waals surface area contributed by atoms with Crippen LogP contribution in [0.4, 0.5) is 0 Å². The Balaban J connectivity index is 1.28. The summed E-state index contributed by atoms with van der Waals surface area (Å²) in [5, 5.41) is 8.09. The van der Waals surface area contributed by atoms with Gasteiger partial charge in [-0.15, -0.1) is 0 Å². The first-order valence-corrected chi connectivity index (χ1v) is 29.8. The largest absolute Gasteiger partial charge is 0.310 e. The molecule has 0 amide bonds. The van der Waals surface area contributed by atoms with Crippen molar-refractivity contribution in [2.75, 3.05) is 0 Å². The molecule has 3 aliphatic heterocycles. The highest BCUT2D eigenvalue weighted by Crippen LogP contribution is 2.63. The van der Waals surface area contributed by atoms with E-state index in [0.717, 1.165) is 0 Å². The zero-order valence-electron chi connectivity index (χ0n) is 50.8. The van der Waals surface area contributed by atoms with E-state index in [1.165, 1.54) is 160 Å².